The van der Waals surface area contributed by atoms with Crippen LogP contribution in [0.1, 0.15) is 18.1 Å². The largest absolute Gasteiger partial charge is 0.326 e. The number of anilines is 1. The van der Waals surface area contributed by atoms with Crippen LogP contribution >= 0.6 is 0 Å². The monoisotopic (exact) mass is 368 g/mol. The summed E-state index contributed by atoms with van der Waals surface area (Å²) in [5, 5.41) is 2.52. The molecule has 0 unspecified atom stereocenters. The number of halogens is 2. The summed E-state index contributed by atoms with van der Waals surface area (Å²) in [5.74, 6) is -1.87. The number of sulfonamides is 1. The number of nitrogens with zero attached hydrogens (tertiary/aromatic N) is 1. The number of aryl methyl sites for hydroxylation is 1. The number of rotatable bonds is 5. The van der Waals surface area contributed by atoms with E-state index in [0.29, 0.717) is 17.3 Å². The van der Waals surface area contributed by atoms with Crippen LogP contribution in [0.25, 0.3) is 0 Å². The molecule has 0 spiro atoms. The van der Waals surface area contributed by atoms with E-state index in [1.807, 2.05) is 0 Å². The van der Waals surface area contributed by atoms with E-state index in [1.54, 1.807) is 19.1 Å². The van der Waals surface area contributed by atoms with Gasteiger partial charge >= 0.3 is 0 Å². The van der Waals surface area contributed by atoms with Gasteiger partial charge in [-0.2, -0.15) is 4.31 Å². The lowest BCUT2D eigenvalue weighted by molar-refractivity contribution is -0.114. The first-order valence-corrected chi connectivity index (χ1v) is 8.84. The standard InChI is InChI=1S/C17H18F2N2O3S/c1-11-4-7-15(20-12(2)22)9-17(11)25(23,24)21(3)10-13-5-6-14(18)8-16(13)19/h4-9H,10H2,1-3H3,(H,20,22). The van der Waals surface area contributed by atoms with Crippen LogP contribution in [-0.2, 0) is 21.4 Å². The molecule has 2 aromatic rings. The van der Waals surface area contributed by atoms with E-state index in [0.717, 1.165) is 10.4 Å². The third-order valence-corrected chi connectivity index (χ3v) is 5.55. The molecule has 8 heteroatoms. The lowest BCUT2D eigenvalue weighted by Gasteiger charge is -2.19. The van der Waals surface area contributed by atoms with Crippen molar-refractivity contribution in [2.75, 3.05) is 12.4 Å². The third kappa shape index (κ3) is 4.40. The van der Waals surface area contributed by atoms with Gasteiger partial charge in [0.1, 0.15) is 11.6 Å². The third-order valence-electron chi connectivity index (χ3n) is 3.60. The van der Waals surface area contributed by atoms with Crippen LogP contribution in [0.4, 0.5) is 14.5 Å². The molecule has 2 aromatic carbocycles. The second-order valence-corrected chi connectivity index (χ2v) is 7.67. The summed E-state index contributed by atoms with van der Waals surface area (Å²) in [7, 11) is -2.62. The maximum Gasteiger partial charge on any atom is 0.243 e. The van der Waals surface area contributed by atoms with Crippen molar-refractivity contribution in [3.05, 3.63) is 59.2 Å². The topological polar surface area (TPSA) is 66.5 Å². The molecule has 0 saturated carbocycles. The van der Waals surface area contributed by atoms with Crippen molar-refractivity contribution in [3.8, 4) is 0 Å². The van der Waals surface area contributed by atoms with Crippen LogP contribution in [0, 0.1) is 18.6 Å². The minimum Gasteiger partial charge on any atom is -0.326 e. The molecule has 0 heterocycles. The quantitative estimate of drug-likeness (QED) is 0.882. The van der Waals surface area contributed by atoms with Crippen molar-refractivity contribution < 1.29 is 22.0 Å². The Balaban J connectivity index is 2.35. The molecule has 0 aliphatic carbocycles. The van der Waals surface area contributed by atoms with Crippen molar-refractivity contribution in [1.29, 1.82) is 0 Å². The molecule has 0 atom stereocenters. The SMILES string of the molecule is CC(=O)Nc1ccc(C)c(S(=O)(=O)N(C)Cc2ccc(F)cc2F)c1. The van der Waals surface area contributed by atoms with E-state index in [4.69, 9.17) is 0 Å². The molecule has 134 valence electrons. The highest BCUT2D eigenvalue weighted by Crippen LogP contribution is 2.24. The minimum atomic E-state index is -3.93. The van der Waals surface area contributed by atoms with Gasteiger partial charge in [0.25, 0.3) is 0 Å². The Bertz CT molecular complexity index is 914. The van der Waals surface area contributed by atoms with Gasteiger partial charge in [-0.3, -0.25) is 4.79 Å². The number of hydrogen-bond donors (Lipinski definition) is 1. The average molecular weight is 368 g/mol. The summed E-state index contributed by atoms with van der Waals surface area (Å²) in [6, 6.07) is 7.50. The molecule has 0 aromatic heterocycles. The Kier molecular flexibility index (Phi) is 5.54. The molecule has 1 amide bonds. The lowest BCUT2D eigenvalue weighted by Crippen LogP contribution is -2.27. The molecule has 0 bridgehead atoms. The van der Waals surface area contributed by atoms with Crippen molar-refractivity contribution >= 4 is 21.6 Å². The molecule has 25 heavy (non-hydrogen) atoms. The highest BCUT2D eigenvalue weighted by Gasteiger charge is 2.24. The van der Waals surface area contributed by atoms with Gasteiger partial charge in [0.05, 0.1) is 4.90 Å². The first kappa shape index (κ1) is 19.0. The van der Waals surface area contributed by atoms with Crippen molar-refractivity contribution in [2.24, 2.45) is 0 Å². The van der Waals surface area contributed by atoms with Gasteiger partial charge in [-0.15, -0.1) is 0 Å². The van der Waals surface area contributed by atoms with Crippen LogP contribution in [0.15, 0.2) is 41.3 Å². The molecule has 1 N–H and O–H groups in total. The number of carbonyl (C=O) groups is 1. The van der Waals surface area contributed by atoms with Crippen LogP contribution in [-0.4, -0.2) is 25.7 Å². The molecular formula is C17H18F2N2O3S. The minimum absolute atomic E-state index is 0.00349. The smallest absolute Gasteiger partial charge is 0.243 e. The van der Waals surface area contributed by atoms with Crippen LogP contribution in [0.3, 0.4) is 0 Å². The van der Waals surface area contributed by atoms with Crippen molar-refractivity contribution in [3.63, 3.8) is 0 Å². The normalized spacial score (nSPS) is 11.6. The number of amides is 1. The van der Waals surface area contributed by atoms with E-state index in [2.05, 4.69) is 5.32 Å². The van der Waals surface area contributed by atoms with Gasteiger partial charge in [0.2, 0.25) is 15.9 Å². The fourth-order valence-corrected chi connectivity index (χ4v) is 3.70. The molecule has 0 fully saturated rings. The number of hydrogen-bond acceptors (Lipinski definition) is 3. The van der Waals surface area contributed by atoms with Gasteiger partial charge in [-0.05, 0) is 30.7 Å². The van der Waals surface area contributed by atoms with E-state index >= 15 is 0 Å². The Hall–Kier alpha value is -2.32. The van der Waals surface area contributed by atoms with Crippen LogP contribution < -0.4 is 5.32 Å². The zero-order chi connectivity index (χ0) is 18.8. The predicted molar refractivity (Wildman–Crippen MR) is 90.5 cm³/mol. The number of carbonyl (C=O) groups excluding carboxylic acids is 1. The summed E-state index contributed by atoms with van der Waals surface area (Å²) in [6.45, 7) is 2.69. The van der Waals surface area contributed by atoms with Gasteiger partial charge < -0.3 is 5.32 Å². The van der Waals surface area contributed by atoms with Crippen molar-refractivity contribution in [1.82, 2.24) is 4.31 Å². The average Bonchev–Trinajstić information content (AvgIpc) is 2.51. The first-order chi connectivity index (χ1) is 11.6. The van der Waals surface area contributed by atoms with Crippen LogP contribution in [0.5, 0.6) is 0 Å². The van der Waals surface area contributed by atoms with Gasteiger partial charge in [-0.25, -0.2) is 17.2 Å². The van der Waals surface area contributed by atoms with Crippen molar-refractivity contribution in [2.45, 2.75) is 25.3 Å². The predicted octanol–water partition coefficient (Wildman–Crippen LogP) is 3.05. The van der Waals surface area contributed by atoms with Gasteiger partial charge in [0.15, 0.2) is 0 Å². The zero-order valence-corrected chi connectivity index (χ0v) is 14.8. The van der Waals surface area contributed by atoms with E-state index < -0.39 is 21.7 Å². The maximum absolute atomic E-state index is 13.8. The fourth-order valence-electron chi connectivity index (χ4n) is 2.30. The lowest BCUT2D eigenvalue weighted by atomic mass is 10.2. The molecule has 0 radical (unpaired) electrons. The number of nitrogens with one attached hydrogen (secondary N) is 1. The van der Waals surface area contributed by atoms with E-state index in [1.165, 1.54) is 26.1 Å². The second kappa shape index (κ2) is 7.28. The molecule has 0 aliphatic rings. The summed E-state index contributed by atoms with van der Waals surface area (Å²) in [6.07, 6.45) is 0. The Morgan fingerprint density at radius 2 is 1.84 bits per heavy atom. The Morgan fingerprint density at radius 1 is 1.16 bits per heavy atom. The Labute approximate surface area is 145 Å². The summed E-state index contributed by atoms with van der Waals surface area (Å²) >= 11 is 0. The summed E-state index contributed by atoms with van der Waals surface area (Å²) in [5.41, 5.74) is 0.890. The van der Waals surface area contributed by atoms with E-state index in [-0.39, 0.29) is 22.9 Å². The van der Waals surface area contributed by atoms with Gasteiger partial charge in [-0.1, -0.05) is 12.1 Å². The summed E-state index contributed by atoms with van der Waals surface area (Å²) < 4.78 is 53.3. The molecular weight excluding hydrogens is 350 g/mol. The highest BCUT2D eigenvalue weighted by atomic mass is 32.2. The van der Waals surface area contributed by atoms with Gasteiger partial charge in [0, 0.05) is 37.8 Å². The molecule has 5 nitrogen and oxygen atoms in total. The zero-order valence-electron chi connectivity index (χ0n) is 14.0. The second-order valence-electron chi connectivity index (χ2n) is 5.66. The molecule has 0 saturated heterocycles. The van der Waals surface area contributed by atoms with Crippen LogP contribution in [0.2, 0.25) is 0 Å². The highest BCUT2D eigenvalue weighted by molar-refractivity contribution is 7.89. The number of benzene rings is 2. The maximum atomic E-state index is 13.8. The summed E-state index contributed by atoms with van der Waals surface area (Å²) in [4.78, 5) is 11.2. The van der Waals surface area contributed by atoms with E-state index in [9.17, 15) is 22.0 Å². The molecule has 0 aliphatic heterocycles. The molecule has 2 rings (SSSR count). The first-order valence-electron chi connectivity index (χ1n) is 7.40. The Morgan fingerprint density at radius 3 is 2.44 bits per heavy atom. The fraction of sp³-hybridized carbons (Fsp3) is 0.235.